The predicted octanol–water partition coefficient (Wildman–Crippen LogP) is 4.54. The minimum absolute atomic E-state index is 0.277. The summed E-state index contributed by atoms with van der Waals surface area (Å²) in [5.74, 6) is 0.379. The number of carbonyl (C=O) groups is 1. The molecule has 0 fully saturated rings. The summed E-state index contributed by atoms with van der Waals surface area (Å²) in [4.78, 5) is 12.9. The number of rotatable bonds is 9. The third-order valence-corrected chi connectivity index (χ3v) is 5.11. The first kappa shape index (κ1) is 20.4. The Hall–Kier alpha value is -1.89. The first-order valence-electron chi connectivity index (χ1n) is 8.40. The SMILES string of the molecule is CSc1ccc(C(=S)c2ccc(C)cc2)c(OCCCCC(=O)NO)c1. The maximum Gasteiger partial charge on any atom is 0.243 e. The van der Waals surface area contributed by atoms with Gasteiger partial charge in [-0.2, -0.15) is 0 Å². The van der Waals surface area contributed by atoms with E-state index in [1.807, 2.05) is 55.6 Å². The van der Waals surface area contributed by atoms with Gasteiger partial charge in [0, 0.05) is 16.9 Å². The number of hydroxylamine groups is 1. The van der Waals surface area contributed by atoms with Gasteiger partial charge >= 0.3 is 0 Å². The molecule has 0 aromatic heterocycles. The van der Waals surface area contributed by atoms with Gasteiger partial charge in [-0.3, -0.25) is 10.0 Å². The maximum atomic E-state index is 11.0. The van der Waals surface area contributed by atoms with E-state index in [4.69, 9.17) is 22.2 Å². The summed E-state index contributed by atoms with van der Waals surface area (Å²) < 4.78 is 5.97. The number of benzene rings is 2. The van der Waals surface area contributed by atoms with Crippen LogP contribution in [-0.2, 0) is 4.79 Å². The Kier molecular flexibility index (Phi) is 8.09. The molecule has 0 spiro atoms. The highest BCUT2D eigenvalue weighted by Gasteiger charge is 2.12. The lowest BCUT2D eigenvalue weighted by Crippen LogP contribution is -2.18. The number of nitrogens with one attached hydrogen (secondary N) is 1. The van der Waals surface area contributed by atoms with Crippen LogP contribution in [0.15, 0.2) is 47.4 Å². The summed E-state index contributed by atoms with van der Waals surface area (Å²) in [6.45, 7) is 2.53. The van der Waals surface area contributed by atoms with Gasteiger partial charge in [-0.05, 0) is 49.8 Å². The zero-order chi connectivity index (χ0) is 18.9. The first-order chi connectivity index (χ1) is 12.5. The van der Waals surface area contributed by atoms with Gasteiger partial charge in [0.05, 0.1) is 11.5 Å². The highest BCUT2D eigenvalue weighted by atomic mass is 32.2. The number of amides is 1. The number of hydrogen-bond acceptors (Lipinski definition) is 5. The minimum Gasteiger partial charge on any atom is -0.493 e. The van der Waals surface area contributed by atoms with E-state index in [1.54, 1.807) is 17.2 Å². The van der Waals surface area contributed by atoms with Crippen molar-refractivity contribution in [1.29, 1.82) is 0 Å². The van der Waals surface area contributed by atoms with E-state index < -0.39 is 0 Å². The third-order valence-electron chi connectivity index (χ3n) is 3.93. The second-order valence-corrected chi connectivity index (χ2v) is 7.19. The number of thioether (sulfide) groups is 1. The molecule has 2 aromatic rings. The molecule has 4 nitrogen and oxygen atoms in total. The van der Waals surface area contributed by atoms with Gasteiger partial charge in [0.25, 0.3) is 0 Å². The highest BCUT2D eigenvalue weighted by Crippen LogP contribution is 2.28. The summed E-state index contributed by atoms with van der Waals surface area (Å²) in [7, 11) is 0. The Morgan fingerprint density at radius 2 is 1.92 bits per heavy atom. The molecule has 1 amide bonds. The van der Waals surface area contributed by atoms with Crippen molar-refractivity contribution in [3.05, 3.63) is 59.2 Å². The largest absolute Gasteiger partial charge is 0.493 e. The lowest BCUT2D eigenvalue weighted by atomic mass is 10.0. The van der Waals surface area contributed by atoms with Gasteiger partial charge in [0.15, 0.2) is 0 Å². The Labute approximate surface area is 163 Å². The van der Waals surface area contributed by atoms with E-state index in [1.165, 1.54) is 5.56 Å². The number of ether oxygens (including phenoxy) is 1. The van der Waals surface area contributed by atoms with Gasteiger partial charge in [-0.25, -0.2) is 5.48 Å². The molecule has 138 valence electrons. The lowest BCUT2D eigenvalue weighted by molar-refractivity contribution is -0.129. The van der Waals surface area contributed by atoms with Crippen LogP contribution in [0.3, 0.4) is 0 Å². The summed E-state index contributed by atoms with van der Waals surface area (Å²) in [6.07, 6.45) is 3.66. The molecule has 0 saturated heterocycles. The van der Waals surface area contributed by atoms with Crippen LogP contribution >= 0.6 is 24.0 Å². The highest BCUT2D eigenvalue weighted by molar-refractivity contribution is 7.98. The summed E-state index contributed by atoms with van der Waals surface area (Å²) >= 11 is 7.33. The number of aryl methyl sites for hydroxylation is 1. The summed E-state index contributed by atoms with van der Waals surface area (Å²) in [6, 6.07) is 14.2. The van der Waals surface area contributed by atoms with Gasteiger partial charge in [0.2, 0.25) is 5.91 Å². The van der Waals surface area contributed by atoms with Crippen molar-refractivity contribution in [3.8, 4) is 5.75 Å². The van der Waals surface area contributed by atoms with Gasteiger partial charge in [-0.1, -0.05) is 42.0 Å². The van der Waals surface area contributed by atoms with Crippen molar-refractivity contribution < 1.29 is 14.7 Å². The van der Waals surface area contributed by atoms with Crippen LogP contribution in [0, 0.1) is 6.92 Å². The average Bonchev–Trinajstić information content (AvgIpc) is 2.67. The van der Waals surface area contributed by atoms with Gasteiger partial charge in [0.1, 0.15) is 5.75 Å². The molecule has 26 heavy (non-hydrogen) atoms. The molecule has 0 aliphatic heterocycles. The zero-order valence-electron chi connectivity index (χ0n) is 15.0. The van der Waals surface area contributed by atoms with Crippen LogP contribution in [-0.4, -0.2) is 28.8 Å². The fraction of sp³-hybridized carbons (Fsp3) is 0.300. The molecule has 0 atom stereocenters. The Bertz CT molecular complexity index is 760. The van der Waals surface area contributed by atoms with Crippen molar-refractivity contribution in [2.24, 2.45) is 0 Å². The maximum absolute atomic E-state index is 11.0. The first-order valence-corrected chi connectivity index (χ1v) is 10.0. The number of carbonyl (C=O) groups excluding carboxylic acids is 1. The molecule has 0 aliphatic carbocycles. The van der Waals surface area contributed by atoms with Crippen LogP contribution in [0.4, 0.5) is 0 Å². The Morgan fingerprint density at radius 1 is 1.19 bits per heavy atom. The third kappa shape index (κ3) is 5.83. The molecule has 0 radical (unpaired) electrons. The monoisotopic (exact) mass is 389 g/mol. The summed E-state index contributed by atoms with van der Waals surface area (Å²) in [5, 5.41) is 8.50. The molecular formula is C20H23NO3S2. The Morgan fingerprint density at radius 3 is 2.58 bits per heavy atom. The fourth-order valence-electron chi connectivity index (χ4n) is 2.42. The van der Waals surface area contributed by atoms with Crippen molar-refractivity contribution in [2.75, 3.05) is 12.9 Å². The van der Waals surface area contributed by atoms with E-state index in [2.05, 4.69) is 0 Å². The Balaban J connectivity index is 2.09. The van der Waals surface area contributed by atoms with Crippen molar-refractivity contribution in [2.45, 2.75) is 31.1 Å². The molecule has 0 heterocycles. The standard InChI is InChI=1S/C20H23NO3S2/c1-14-6-8-15(9-7-14)20(25)17-11-10-16(26-2)13-18(17)24-12-4-3-5-19(22)21-23/h6-11,13,23H,3-5,12H2,1-2H3,(H,21,22). The molecular weight excluding hydrogens is 366 g/mol. The predicted molar refractivity (Wildman–Crippen MR) is 109 cm³/mol. The van der Waals surface area contributed by atoms with E-state index >= 15 is 0 Å². The average molecular weight is 390 g/mol. The molecule has 0 bridgehead atoms. The second-order valence-electron chi connectivity index (χ2n) is 5.90. The van der Waals surface area contributed by atoms with E-state index in [0.717, 1.165) is 26.6 Å². The van der Waals surface area contributed by atoms with Crippen LogP contribution in [0.25, 0.3) is 0 Å². The van der Waals surface area contributed by atoms with E-state index in [0.29, 0.717) is 19.4 Å². The van der Waals surface area contributed by atoms with Crippen molar-refractivity contribution >= 4 is 34.8 Å². The molecule has 0 unspecified atom stereocenters. The molecule has 2 N–H and O–H groups in total. The number of thiocarbonyl (C=S) groups is 1. The molecule has 0 aliphatic rings. The lowest BCUT2D eigenvalue weighted by Gasteiger charge is -2.14. The molecule has 0 saturated carbocycles. The van der Waals surface area contributed by atoms with Crippen LogP contribution in [0.1, 0.15) is 36.0 Å². The minimum atomic E-state index is -0.379. The van der Waals surface area contributed by atoms with Crippen molar-refractivity contribution in [3.63, 3.8) is 0 Å². The van der Waals surface area contributed by atoms with Crippen molar-refractivity contribution in [1.82, 2.24) is 5.48 Å². The van der Waals surface area contributed by atoms with Crippen LogP contribution in [0.2, 0.25) is 0 Å². The number of unbranched alkanes of at least 4 members (excludes halogenated alkanes) is 1. The van der Waals surface area contributed by atoms with Crippen LogP contribution in [0.5, 0.6) is 5.75 Å². The van der Waals surface area contributed by atoms with Crippen LogP contribution < -0.4 is 10.2 Å². The summed E-state index contributed by atoms with van der Waals surface area (Å²) in [5.41, 5.74) is 4.72. The van der Waals surface area contributed by atoms with Gasteiger partial charge < -0.3 is 4.74 Å². The smallest absolute Gasteiger partial charge is 0.243 e. The molecule has 2 rings (SSSR count). The van der Waals surface area contributed by atoms with E-state index in [9.17, 15) is 4.79 Å². The normalized spacial score (nSPS) is 10.4. The fourth-order valence-corrected chi connectivity index (χ4v) is 3.16. The molecule has 2 aromatic carbocycles. The van der Waals surface area contributed by atoms with E-state index in [-0.39, 0.29) is 12.3 Å². The quantitative estimate of drug-likeness (QED) is 0.165. The van der Waals surface area contributed by atoms with Gasteiger partial charge in [-0.15, -0.1) is 11.8 Å². The second kappa shape index (κ2) is 10.3. The zero-order valence-corrected chi connectivity index (χ0v) is 16.6. The molecule has 6 heteroatoms. The topological polar surface area (TPSA) is 58.6 Å². The number of hydrogen-bond donors (Lipinski definition) is 2.